The molecule has 158 valence electrons. The summed E-state index contributed by atoms with van der Waals surface area (Å²) in [6, 6.07) is 13.4. The lowest BCUT2D eigenvalue weighted by Gasteiger charge is -2.22. The molecule has 1 heterocycles. The molecule has 0 radical (unpaired) electrons. The van der Waals surface area contributed by atoms with Crippen molar-refractivity contribution in [2.24, 2.45) is 5.92 Å². The Hall–Kier alpha value is -3.06. The monoisotopic (exact) mass is 430 g/mol. The van der Waals surface area contributed by atoms with Gasteiger partial charge in [0.05, 0.1) is 32.6 Å². The highest BCUT2D eigenvalue weighted by Gasteiger charge is 2.36. The lowest BCUT2D eigenvalue weighted by Crippen LogP contribution is -2.36. The van der Waals surface area contributed by atoms with Crippen LogP contribution in [0.15, 0.2) is 48.5 Å². The largest absolute Gasteiger partial charge is 0.497 e. The molecule has 8 heteroatoms. The van der Waals surface area contributed by atoms with Gasteiger partial charge in [-0.05, 0) is 35.9 Å². The Balaban J connectivity index is 1.73. The predicted octanol–water partition coefficient (Wildman–Crippen LogP) is 3.12. The van der Waals surface area contributed by atoms with E-state index in [-0.39, 0.29) is 31.2 Å². The van der Waals surface area contributed by atoms with E-state index in [0.29, 0.717) is 22.0 Å². The number of nitrogens with zero attached hydrogens (tertiary/aromatic N) is 1. The van der Waals surface area contributed by atoms with Crippen LogP contribution in [0.5, 0.6) is 5.75 Å². The van der Waals surface area contributed by atoms with Gasteiger partial charge < -0.3 is 19.7 Å². The fourth-order valence-electron chi connectivity index (χ4n) is 3.43. The molecule has 0 aromatic heterocycles. The first-order chi connectivity index (χ1) is 14.4. The molecule has 0 saturated carbocycles. The molecule has 1 saturated heterocycles. The molecule has 1 aliphatic rings. The summed E-state index contributed by atoms with van der Waals surface area (Å²) < 4.78 is 9.89. The topological polar surface area (TPSA) is 84.9 Å². The van der Waals surface area contributed by atoms with E-state index < -0.39 is 17.9 Å². The maximum absolute atomic E-state index is 12.9. The van der Waals surface area contributed by atoms with Crippen molar-refractivity contribution in [1.29, 1.82) is 0 Å². The summed E-state index contributed by atoms with van der Waals surface area (Å²) in [4.78, 5) is 38.9. The highest BCUT2D eigenvalue weighted by atomic mass is 35.5. The zero-order chi connectivity index (χ0) is 21.7. The van der Waals surface area contributed by atoms with Crippen molar-refractivity contribution in [3.05, 3.63) is 59.1 Å². The van der Waals surface area contributed by atoms with Gasteiger partial charge >= 0.3 is 5.97 Å². The number of carbonyl (C=O) groups excluding carboxylic acids is 3. The van der Waals surface area contributed by atoms with Crippen LogP contribution in [0.4, 0.5) is 5.69 Å². The van der Waals surface area contributed by atoms with Crippen LogP contribution < -0.4 is 15.0 Å². The van der Waals surface area contributed by atoms with Gasteiger partial charge in [0, 0.05) is 23.7 Å². The Morgan fingerprint density at radius 3 is 2.50 bits per heavy atom. The molecule has 2 amide bonds. The molecular weight excluding hydrogens is 408 g/mol. The minimum Gasteiger partial charge on any atom is -0.497 e. The predicted molar refractivity (Wildman–Crippen MR) is 112 cm³/mol. The summed E-state index contributed by atoms with van der Waals surface area (Å²) in [7, 11) is 2.86. The minimum atomic E-state index is -0.649. The second-order valence-electron chi connectivity index (χ2n) is 6.97. The van der Waals surface area contributed by atoms with Gasteiger partial charge in [0.15, 0.2) is 0 Å². The Labute approximate surface area is 179 Å². The van der Waals surface area contributed by atoms with Crippen LogP contribution in [-0.4, -0.2) is 38.5 Å². The Bertz CT molecular complexity index is 931. The van der Waals surface area contributed by atoms with Crippen molar-refractivity contribution < 1.29 is 23.9 Å². The van der Waals surface area contributed by atoms with Crippen molar-refractivity contribution in [2.75, 3.05) is 25.7 Å². The van der Waals surface area contributed by atoms with Crippen LogP contribution in [0.3, 0.4) is 0 Å². The van der Waals surface area contributed by atoms with Crippen LogP contribution in [0.1, 0.15) is 24.4 Å². The fraction of sp³-hybridized carbons (Fsp3) is 0.318. The second kappa shape index (κ2) is 9.63. The lowest BCUT2D eigenvalue weighted by molar-refractivity contribution is -0.141. The lowest BCUT2D eigenvalue weighted by atomic mass is 10.0. The van der Waals surface area contributed by atoms with Gasteiger partial charge in [-0.2, -0.15) is 0 Å². The maximum Gasteiger partial charge on any atom is 0.307 e. The van der Waals surface area contributed by atoms with E-state index >= 15 is 0 Å². The third-order valence-electron chi connectivity index (χ3n) is 5.08. The highest BCUT2D eigenvalue weighted by Crippen LogP contribution is 2.29. The SMILES string of the molecule is COC(=O)CC(NC(=O)C1CC(=O)N(c2ccc(OC)cc2)C1)c1ccccc1Cl. The standard InChI is InChI=1S/C22H23ClN2O5/c1-29-16-9-7-15(8-10-16)25-13-14(11-20(25)26)22(28)24-19(12-21(27)30-2)17-5-3-4-6-18(17)23/h3-10,14,19H,11-13H2,1-2H3,(H,24,28). The smallest absolute Gasteiger partial charge is 0.307 e. The maximum atomic E-state index is 12.9. The molecule has 0 bridgehead atoms. The summed E-state index contributed by atoms with van der Waals surface area (Å²) in [5.74, 6) is -0.773. The van der Waals surface area contributed by atoms with E-state index in [1.807, 2.05) is 0 Å². The van der Waals surface area contributed by atoms with E-state index in [4.69, 9.17) is 21.1 Å². The van der Waals surface area contributed by atoms with Gasteiger partial charge in [0.25, 0.3) is 0 Å². The highest BCUT2D eigenvalue weighted by molar-refractivity contribution is 6.31. The van der Waals surface area contributed by atoms with E-state index in [9.17, 15) is 14.4 Å². The number of hydrogen-bond acceptors (Lipinski definition) is 5. The van der Waals surface area contributed by atoms with Crippen molar-refractivity contribution in [1.82, 2.24) is 5.32 Å². The number of nitrogens with one attached hydrogen (secondary N) is 1. The molecule has 7 nitrogen and oxygen atoms in total. The molecule has 0 aliphatic carbocycles. The van der Waals surface area contributed by atoms with Gasteiger partial charge in [0.2, 0.25) is 11.8 Å². The molecule has 1 fully saturated rings. The number of hydrogen-bond donors (Lipinski definition) is 1. The molecule has 2 atom stereocenters. The average molecular weight is 431 g/mol. The first-order valence-electron chi connectivity index (χ1n) is 9.49. The van der Waals surface area contributed by atoms with E-state index in [0.717, 1.165) is 0 Å². The number of amides is 2. The number of methoxy groups -OCH3 is 2. The van der Waals surface area contributed by atoms with Crippen LogP contribution in [-0.2, 0) is 19.1 Å². The Morgan fingerprint density at radius 2 is 1.87 bits per heavy atom. The molecule has 0 spiro atoms. The number of halogens is 1. The molecule has 2 aromatic carbocycles. The number of anilines is 1. The van der Waals surface area contributed by atoms with Gasteiger partial charge in [-0.1, -0.05) is 29.8 Å². The van der Waals surface area contributed by atoms with Crippen molar-refractivity contribution in [2.45, 2.75) is 18.9 Å². The molecule has 30 heavy (non-hydrogen) atoms. The van der Waals surface area contributed by atoms with Gasteiger partial charge in [-0.15, -0.1) is 0 Å². The van der Waals surface area contributed by atoms with Gasteiger partial charge in [-0.3, -0.25) is 14.4 Å². The number of carbonyl (C=O) groups is 3. The zero-order valence-corrected chi connectivity index (χ0v) is 17.5. The third-order valence-corrected chi connectivity index (χ3v) is 5.42. The summed E-state index contributed by atoms with van der Waals surface area (Å²) in [5.41, 5.74) is 1.32. The first-order valence-corrected chi connectivity index (χ1v) is 9.86. The normalized spacial score (nSPS) is 16.8. The summed E-state index contributed by atoms with van der Waals surface area (Å²) in [5, 5.41) is 3.31. The van der Waals surface area contributed by atoms with Crippen LogP contribution in [0.25, 0.3) is 0 Å². The number of rotatable bonds is 7. The Kier molecular flexibility index (Phi) is 6.95. The second-order valence-corrected chi connectivity index (χ2v) is 7.37. The number of esters is 1. The van der Waals surface area contributed by atoms with Crippen LogP contribution in [0, 0.1) is 5.92 Å². The summed E-state index contributed by atoms with van der Waals surface area (Å²) in [6.45, 7) is 0.254. The number of benzene rings is 2. The first kappa shape index (κ1) is 21.6. The molecular formula is C22H23ClN2O5. The van der Waals surface area contributed by atoms with E-state index in [1.165, 1.54) is 7.11 Å². The molecule has 1 N–H and O–H groups in total. The van der Waals surface area contributed by atoms with E-state index in [2.05, 4.69) is 5.32 Å². The van der Waals surface area contributed by atoms with Crippen molar-refractivity contribution >= 4 is 35.1 Å². The van der Waals surface area contributed by atoms with Crippen LogP contribution >= 0.6 is 11.6 Å². The summed E-state index contributed by atoms with van der Waals surface area (Å²) in [6.07, 6.45) is 0.0279. The molecule has 2 aromatic rings. The average Bonchev–Trinajstić information content (AvgIpc) is 3.15. The summed E-state index contributed by atoms with van der Waals surface area (Å²) >= 11 is 6.26. The number of ether oxygens (including phenoxy) is 2. The van der Waals surface area contributed by atoms with Crippen molar-refractivity contribution in [3.8, 4) is 5.75 Å². The fourth-order valence-corrected chi connectivity index (χ4v) is 3.70. The zero-order valence-electron chi connectivity index (χ0n) is 16.8. The quantitative estimate of drug-likeness (QED) is 0.682. The van der Waals surface area contributed by atoms with E-state index in [1.54, 1.807) is 60.5 Å². The molecule has 3 rings (SSSR count). The van der Waals surface area contributed by atoms with Gasteiger partial charge in [-0.25, -0.2) is 0 Å². The molecule has 1 aliphatic heterocycles. The molecule has 2 unspecified atom stereocenters. The Morgan fingerprint density at radius 1 is 1.17 bits per heavy atom. The minimum absolute atomic E-state index is 0.0607. The van der Waals surface area contributed by atoms with Gasteiger partial charge in [0.1, 0.15) is 5.75 Å². The third kappa shape index (κ3) is 4.91. The van der Waals surface area contributed by atoms with Crippen LogP contribution in [0.2, 0.25) is 5.02 Å². The van der Waals surface area contributed by atoms with Crippen molar-refractivity contribution in [3.63, 3.8) is 0 Å².